The molecule has 0 bridgehead atoms. The number of alkyl halides is 5. The van der Waals surface area contributed by atoms with Crippen LogP contribution in [0.25, 0.3) is 17.1 Å². The molecule has 0 aliphatic rings. The van der Waals surface area contributed by atoms with Gasteiger partial charge in [0.2, 0.25) is 0 Å². The standard InChI is InChI=1S/C17H13F5N4O/c1-10-8-11(2-7-14(10)23)15-24-9-26(25-15)12-3-5-13(6-4-12)27-17(21,22)16(18,19)20/h2-9H,23H2,1H3. The fourth-order valence-electron chi connectivity index (χ4n) is 2.21. The average Bonchev–Trinajstić information content (AvgIpc) is 3.07. The minimum absolute atomic E-state index is 0.405. The number of nitrogens with zero attached hydrogens (tertiary/aromatic N) is 3. The predicted molar refractivity (Wildman–Crippen MR) is 87.6 cm³/mol. The molecule has 0 aliphatic heterocycles. The molecule has 2 aromatic carbocycles. The van der Waals surface area contributed by atoms with Crippen molar-refractivity contribution in [1.29, 1.82) is 0 Å². The van der Waals surface area contributed by atoms with Gasteiger partial charge in [-0.1, -0.05) is 0 Å². The summed E-state index contributed by atoms with van der Waals surface area (Å²) in [5, 5.41) is 4.26. The van der Waals surface area contributed by atoms with Crippen LogP contribution in [-0.4, -0.2) is 27.0 Å². The monoisotopic (exact) mass is 384 g/mol. The van der Waals surface area contributed by atoms with Gasteiger partial charge < -0.3 is 10.5 Å². The Bertz CT molecular complexity index is 951. The highest BCUT2D eigenvalue weighted by Crippen LogP contribution is 2.37. The largest absolute Gasteiger partial charge is 0.499 e. The van der Waals surface area contributed by atoms with E-state index in [4.69, 9.17) is 5.73 Å². The van der Waals surface area contributed by atoms with E-state index < -0.39 is 18.0 Å². The molecule has 3 rings (SSSR count). The summed E-state index contributed by atoms with van der Waals surface area (Å²) in [6.45, 7) is 1.84. The van der Waals surface area contributed by atoms with Crippen LogP contribution in [0.15, 0.2) is 48.8 Å². The number of anilines is 1. The lowest BCUT2D eigenvalue weighted by Gasteiger charge is -2.20. The zero-order valence-electron chi connectivity index (χ0n) is 13.8. The molecule has 0 aliphatic carbocycles. The summed E-state index contributed by atoms with van der Waals surface area (Å²) < 4.78 is 67.4. The molecule has 1 aromatic heterocycles. The van der Waals surface area contributed by atoms with Crippen molar-refractivity contribution in [2.45, 2.75) is 19.2 Å². The number of rotatable bonds is 4. The van der Waals surface area contributed by atoms with Gasteiger partial charge in [-0.3, -0.25) is 0 Å². The van der Waals surface area contributed by atoms with E-state index in [1.54, 1.807) is 12.1 Å². The van der Waals surface area contributed by atoms with Crippen molar-refractivity contribution in [3.63, 3.8) is 0 Å². The maximum Gasteiger partial charge on any atom is 0.499 e. The van der Waals surface area contributed by atoms with Gasteiger partial charge in [0.1, 0.15) is 12.1 Å². The second kappa shape index (κ2) is 6.53. The number of ether oxygens (including phenoxy) is 1. The van der Waals surface area contributed by atoms with Gasteiger partial charge in [0, 0.05) is 11.3 Å². The molecule has 5 nitrogen and oxygen atoms in total. The van der Waals surface area contributed by atoms with E-state index in [0.29, 0.717) is 17.2 Å². The molecule has 142 valence electrons. The first-order valence-electron chi connectivity index (χ1n) is 7.59. The second-order valence-electron chi connectivity index (χ2n) is 5.69. The molecule has 0 fully saturated rings. The van der Waals surface area contributed by atoms with Crippen molar-refractivity contribution in [3.05, 3.63) is 54.4 Å². The van der Waals surface area contributed by atoms with Gasteiger partial charge in [-0.25, -0.2) is 9.67 Å². The molecule has 0 spiro atoms. The molecule has 10 heteroatoms. The summed E-state index contributed by atoms with van der Waals surface area (Å²) >= 11 is 0. The minimum Gasteiger partial charge on any atom is -0.426 e. The Morgan fingerprint density at radius 3 is 2.26 bits per heavy atom. The number of aryl methyl sites for hydroxylation is 1. The third-order valence-electron chi connectivity index (χ3n) is 3.70. The van der Waals surface area contributed by atoms with Gasteiger partial charge in [0.15, 0.2) is 5.82 Å². The van der Waals surface area contributed by atoms with E-state index in [2.05, 4.69) is 14.8 Å². The smallest absolute Gasteiger partial charge is 0.426 e. The van der Waals surface area contributed by atoms with Crippen LogP contribution in [0.5, 0.6) is 5.75 Å². The molecule has 0 unspecified atom stereocenters. The number of halogens is 5. The minimum atomic E-state index is -5.80. The maximum absolute atomic E-state index is 12.9. The fourth-order valence-corrected chi connectivity index (χ4v) is 2.21. The van der Waals surface area contributed by atoms with Crippen LogP contribution in [0.1, 0.15) is 5.56 Å². The molecular formula is C17H13F5N4O. The van der Waals surface area contributed by atoms with E-state index >= 15 is 0 Å². The molecule has 3 aromatic rings. The van der Waals surface area contributed by atoms with Crippen LogP contribution in [-0.2, 0) is 0 Å². The normalized spacial score (nSPS) is 12.2. The number of hydrogen-bond acceptors (Lipinski definition) is 4. The molecule has 0 atom stereocenters. The number of benzene rings is 2. The fraction of sp³-hybridized carbons (Fsp3) is 0.176. The lowest BCUT2D eigenvalue weighted by molar-refractivity contribution is -0.360. The predicted octanol–water partition coefficient (Wildman–Crippen LogP) is 4.36. The molecule has 0 amide bonds. The Balaban J connectivity index is 1.80. The first-order valence-corrected chi connectivity index (χ1v) is 7.59. The Kier molecular flexibility index (Phi) is 4.50. The molecule has 2 N–H and O–H groups in total. The SMILES string of the molecule is Cc1cc(-c2ncn(-c3ccc(OC(F)(F)C(F)(F)F)cc3)n2)ccc1N. The average molecular weight is 384 g/mol. The molecule has 0 saturated heterocycles. The zero-order valence-corrected chi connectivity index (χ0v) is 13.8. The first kappa shape index (κ1) is 18.6. The third-order valence-corrected chi connectivity index (χ3v) is 3.70. The van der Waals surface area contributed by atoms with Gasteiger partial charge in [-0.15, -0.1) is 5.10 Å². The second-order valence-corrected chi connectivity index (χ2v) is 5.69. The Labute approximate surface area is 150 Å². The lowest BCUT2D eigenvalue weighted by atomic mass is 10.1. The van der Waals surface area contributed by atoms with Crippen molar-refractivity contribution >= 4 is 5.69 Å². The van der Waals surface area contributed by atoms with Crippen LogP contribution < -0.4 is 10.5 Å². The van der Waals surface area contributed by atoms with Crippen molar-refractivity contribution in [2.24, 2.45) is 0 Å². The van der Waals surface area contributed by atoms with Crippen LogP contribution in [0.4, 0.5) is 27.6 Å². The van der Waals surface area contributed by atoms with Gasteiger partial charge in [0.25, 0.3) is 0 Å². The highest BCUT2D eigenvalue weighted by Gasteiger charge is 2.61. The first-order chi connectivity index (χ1) is 12.6. The zero-order chi connectivity index (χ0) is 19.8. The molecule has 27 heavy (non-hydrogen) atoms. The van der Waals surface area contributed by atoms with Gasteiger partial charge in [-0.2, -0.15) is 22.0 Å². The van der Waals surface area contributed by atoms with Gasteiger partial charge in [-0.05, 0) is 55.0 Å². The summed E-state index contributed by atoms with van der Waals surface area (Å²) in [6, 6.07) is 9.83. The lowest BCUT2D eigenvalue weighted by Crippen LogP contribution is -2.41. The molecular weight excluding hydrogens is 371 g/mol. The Hall–Kier alpha value is -3.17. The summed E-state index contributed by atoms with van der Waals surface area (Å²) in [6.07, 6.45) is -9.69. The number of nitrogens with two attached hydrogens (primary N) is 1. The molecule has 0 saturated carbocycles. The van der Waals surface area contributed by atoms with E-state index in [0.717, 1.165) is 23.3 Å². The van der Waals surface area contributed by atoms with Crippen LogP contribution in [0.2, 0.25) is 0 Å². The van der Waals surface area contributed by atoms with E-state index in [-0.39, 0.29) is 0 Å². The Morgan fingerprint density at radius 1 is 1.00 bits per heavy atom. The van der Waals surface area contributed by atoms with Crippen LogP contribution in [0, 0.1) is 6.92 Å². The van der Waals surface area contributed by atoms with E-state index in [1.807, 2.05) is 13.0 Å². The van der Waals surface area contributed by atoms with Crippen molar-refractivity contribution in [3.8, 4) is 22.8 Å². The topological polar surface area (TPSA) is 66.0 Å². The van der Waals surface area contributed by atoms with Gasteiger partial charge in [0.05, 0.1) is 5.69 Å². The summed E-state index contributed by atoms with van der Waals surface area (Å²) in [5.74, 6) is -0.224. The summed E-state index contributed by atoms with van der Waals surface area (Å²) in [7, 11) is 0. The Morgan fingerprint density at radius 2 is 1.67 bits per heavy atom. The molecule has 1 heterocycles. The van der Waals surface area contributed by atoms with Crippen molar-refractivity contribution in [1.82, 2.24) is 14.8 Å². The van der Waals surface area contributed by atoms with Crippen LogP contribution >= 0.6 is 0 Å². The van der Waals surface area contributed by atoms with E-state index in [9.17, 15) is 22.0 Å². The quantitative estimate of drug-likeness (QED) is 0.536. The van der Waals surface area contributed by atoms with E-state index in [1.165, 1.54) is 23.1 Å². The maximum atomic E-state index is 12.9. The highest BCUT2D eigenvalue weighted by atomic mass is 19.4. The van der Waals surface area contributed by atoms with Gasteiger partial charge >= 0.3 is 12.3 Å². The summed E-state index contributed by atoms with van der Waals surface area (Å²) in [5.41, 5.74) is 8.39. The highest BCUT2D eigenvalue weighted by molar-refractivity contribution is 5.61. The molecule has 0 radical (unpaired) electrons. The number of hydrogen-bond donors (Lipinski definition) is 1. The summed E-state index contributed by atoms with van der Waals surface area (Å²) in [4.78, 5) is 4.16. The van der Waals surface area contributed by atoms with Crippen molar-refractivity contribution in [2.75, 3.05) is 5.73 Å². The van der Waals surface area contributed by atoms with Crippen LogP contribution in [0.3, 0.4) is 0 Å². The number of aromatic nitrogens is 3. The third kappa shape index (κ3) is 3.83. The number of nitrogen functional groups attached to an aromatic ring is 1. The van der Waals surface area contributed by atoms with Crippen molar-refractivity contribution < 1.29 is 26.7 Å².